The van der Waals surface area contributed by atoms with Crippen LogP contribution in [0.3, 0.4) is 0 Å². The van der Waals surface area contributed by atoms with Crippen molar-refractivity contribution in [3.8, 4) is 16.9 Å². The second-order valence-electron chi connectivity index (χ2n) is 7.55. The van der Waals surface area contributed by atoms with Crippen molar-refractivity contribution >= 4 is 21.9 Å². The van der Waals surface area contributed by atoms with E-state index in [-0.39, 0.29) is 0 Å². The highest BCUT2D eigenvalue weighted by molar-refractivity contribution is 5.94. The largest absolute Gasteiger partial charge is 0.296 e. The van der Waals surface area contributed by atoms with Crippen LogP contribution in [0.2, 0.25) is 0 Å². The third-order valence-corrected chi connectivity index (χ3v) is 5.79. The molecule has 4 heteroatoms. The standard InChI is InChI=1S/C24H19N4/c1-15-11-22-20(26-23-12-16-7-3-6-10-21(16)28(22)23)13-18(15)24-17-8-4-5-9-19(17)25-14-27(24)2/h3-11,13-14H,12H2,1-2H3/q+1. The zero-order chi connectivity index (χ0) is 18.8. The number of para-hydroxylation sites is 2. The van der Waals surface area contributed by atoms with E-state index >= 15 is 0 Å². The van der Waals surface area contributed by atoms with Gasteiger partial charge in [0.05, 0.1) is 29.2 Å². The molecule has 134 valence electrons. The summed E-state index contributed by atoms with van der Waals surface area (Å²) < 4.78 is 4.42. The van der Waals surface area contributed by atoms with E-state index in [0.29, 0.717) is 0 Å². The van der Waals surface area contributed by atoms with E-state index in [1.54, 1.807) is 0 Å². The maximum absolute atomic E-state index is 4.98. The lowest BCUT2D eigenvalue weighted by Crippen LogP contribution is -2.31. The molecular formula is C24H19N4+. The fourth-order valence-electron chi connectivity index (χ4n) is 4.49. The first-order chi connectivity index (χ1) is 13.7. The normalized spacial score (nSPS) is 12.5. The fourth-order valence-corrected chi connectivity index (χ4v) is 4.49. The van der Waals surface area contributed by atoms with E-state index in [9.17, 15) is 0 Å². The van der Waals surface area contributed by atoms with E-state index in [0.717, 1.165) is 28.7 Å². The van der Waals surface area contributed by atoms with Crippen LogP contribution in [0.25, 0.3) is 38.9 Å². The number of rotatable bonds is 1. The van der Waals surface area contributed by atoms with Gasteiger partial charge in [-0.3, -0.25) is 4.57 Å². The van der Waals surface area contributed by atoms with Gasteiger partial charge < -0.3 is 0 Å². The zero-order valence-electron chi connectivity index (χ0n) is 15.8. The van der Waals surface area contributed by atoms with Crippen molar-refractivity contribution in [3.05, 3.63) is 83.9 Å². The molecule has 0 aliphatic carbocycles. The minimum Gasteiger partial charge on any atom is -0.296 e. The highest BCUT2D eigenvalue weighted by Crippen LogP contribution is 2.35. The van der Waals surface area contributed by atoms with Gasteiger partial charge in [0, 0.05) is 12.0 Å². The number of aromatic nitrogens is 4. The third kappa shape index (κ3) is 2.03. The summed E-state index contributed by atoms with van der Waals surface area (Å²) in [5.41, 5.74) is 9.47. The van der Waals surface area contributed by atoms with Crippen molar-refractivity contribution in [2.24, 2.45) is 7.05 Å². The summed E-state index contributed by atoms with van der Waals surface area (Å²) in [5.74, 6) is 1.12. The van der Waals surface area contributed by atoms with Crippen molar-refractivity contribution in [2.75, 3.05) is 0 Å². The minimum absolute atomic E-state index is 0.894. The molecule has 0 saturated carbocycles. The molecule has 0 amide bonds. The first-order valence-corrected chi connectivity index (χ1v) is 9.55. The maximum atomic E-state index is 4.98. The Hall–Kier alpha value is -3.53. The van der Waals surface area contributed by atoms with Crippen molar-refractivity contribution < 1.29 is 4.57 Å². The summed E-state index contributed by atoms with van der Waals surface area (Å²) >= 11 is 0. The molecule has 5 aromatic rings. The van der Waals surface area contributed by atoms with Gasteiger partial charge in [-0.1, -0.05) is 30.3 Å². The predicted octanol–water partition coefficient (Wildman–Crippen LogP) is 4.28. The van der Waals surface area contributed by atoms with Gasteiger partial charge in [0.2, 0.25) is 0 Å². The molecule has 0 N–H and O–H groups in total. The van der Waals surface area contributed by atoms with Crippen LogP contribution >= 0.6 is 0 Å². The number of hydrogen-bond acceptors (Lipinski definition) is 2. The van der Waals surface area contributed by atoms with Crippen molar-refractivity contribution in [3.63, 3.8) is 0 Å². The van der Waals surface area contributed by atoms with Gasteiger partial charge in [0.25, 0.3) is 6.33 Å². The van der Waals surface area contributed by atoms with Crippen LogP contribution in [0.4, 0.5) is 0 Å². The van der Waals surface area contributed by atoms with Gasteiger partial charge >= 0.3 is 0 Å². The van der Waals surface area contributed by atoms with E-state index in [4.69, 9.17) is 4.98 Å². The van der Waals surface area contributed by atoms with Gasteiger partial charge in [-0.2, -0.15) is 0 Å². The van der Waals surface area contributed by atoms with Crippen LogP contribution in [0, 0.1) is 6.92 Å². The topological polar surface area (TPSA) is 34.6 Å². The molecule has 1 aliphatic rings. The van der Waals surface area contributed by atoms with Gasteiger partial charge in [-0.05, 0) is 53.4 Å². The summed E-state index contributed by atoms with van der Waals surface area (Å²) in [6.07, 6.45) is 2.79. The summed E-state index contributed by atoms with van der Waals surface area (Å²) in [4.78, 5) is 9.55. The number of hydrogen-bond donors (Lipinski definition) is 0. The summed E-state index contributed by atoms with van der Waals surface area (Å²) in [6, 6.07) is 21.4. The number of benzene rings is 3. The maximum Gasteiger partial charge on any atom is 0.287 e. The first-order valence-electron chi connectivity index (χ1n) is 9.55. The Bertz CT molecular complexity index is 1410. The lowest BCUT2D eigenvalue weighted by molar-refractivity contribution is -0.662. The SMILES string of the molecule is Cc1cc2c(cc1-c1c3ccccc3nc[n+]1C)nc1n2-c2ccccc2C1. The number of fused-ring (bicyclic) bond motifs is 6. The monoisotopic (exact) mass is 363 g/mol. The molecule has 0 saturated heterocycles. The molecular weight excluding hydrogens is 344 g/mol. The molecule has 6 rings (SSSR count). The highest BCUT2D eigenvalue weighted by Gasteiger charge is 2.24. The Balaban J connectivity index is 1.65. The summed E-state index contributed by atoms with van der Waals surface area (Å²) in [5, 5.41) is 1.16. The lowest BCUT2D eigenvalue weighted by Gasteiger charge is -2.10. The molecule has 0 unspecified atom stereocenters. The van der Waals surface area contributed by atoms with Gasteiger partial charge in [-0.15, -0.1) is 0 Å². The van der Waals surface area contributed by atoms with Crippen molar-refractivity contribution in [1.82, 2.24) is 14.5 Å². The first kappa shape index (κ1) is 15.5. The predicted molar refractivity (Wildman–Crippen MR) is 111 cm³/mol. The quantitative estimate of drug-likeness (QED) is 0.409. The molecule has 0 radical (unpaired) electrons. The van der Waals surface area contributed by atoms with Crippen LogP contribution in [0.15, 0.2) is 67.0 Å². The molecule has 3 heterocycles. The van der Waals surface area contributed by atoms with Gasteiger partial charge in [0.1, 0.15) is 11.5 Å². The Labute approximate surface area is 162 Å². The van der Waals surface area contributed by atoms with Gasteiger partial charge in [-0.25, -0.2) is 9.55 Å². The van der Waals surface area contributed by atoms with E-state index in [2.05, 4.69) is 82.7 Å². The Kier molecular flexibility index (Phi) is 3.04. The molecule has 0 bridgehead atoms. The molecule has 3 aromatic carbocycles. The van der Waals surface area contributed by atoms with Gasteiger partial charge in [0.15, 0.2) is 5.52 Å². The summed E-state index contributed by atoms with van der Waals surface area (Å²) in [6.45, 7) is 2.19. The molecule has 4 nitrogen and oxygen atoms in total. The molecule has 0 atom stereocenters. The number of aryl methyl sites for hydroxylation is 2. The minimum atomic E-state index is 0.894. The van der Waals surface area contributed by atoms with E-state index in [1.165, 1.54) is 33.6 Å². The van der Waals surface area contributed by atoms with Crippen LogP contribution in [-0.2, 0) is 13.5 Å². The molecule has 28 heavy (non-hydrogen) atoms. The van der Waals surface area contributed by atoms with Crippen molar-refractivity contribution in [2.45, 2.75) is 13.3 Å². The Morgan fingerprint density at radius 3 is 2.71 bits per heavy atom. The van der Waals surface area contributed by atoms with Crippen LogP contribution < -0.4 is 4.57 Å². The summed E-state index contributed by atoms with van der Waals surface area (Å²) in [7, 11) is 2.06. The average Bonchev–Trinajstić information content (AvgIpc) is 3.23. The Morgan fingerprint density at radius 2 is 1.79 bits per heavy atom. The van der Waals surface area contributed by atoms with Crippen molar-refractivity contribution in [1.29, 1.82) is 0 Å². The fraction of sp³-hybridized carbons (Fsp3) is 0.125. The van der Waals surface area contributed by atoms with E-state index < -0.39 is 0 Å². The number of nitrogens with zero attached hydrogens (tertiary/aromatic N) is 4. The number of imidazole rings is 1. The average molecular weight is 363 g/mol. The molecule has 1 aliphatic heterocycles. The molecule has 0 fully saturated rings. The Morgan fingerprint density at radius 1 is 0.964 bits per heavy atom. The lowest BCUT2D eigenvalue weighted by atomic mass is 10.0. The second-order valence-corrected chi connectivity index (χ2v) is 7.55. The third-order valence-electron chi connectivity index (χ3n) is 5.79. The smallest absolute Gasteiger partial charge is 0.287 e. The van der Waals surface area contributed by atoms with E-state index in [1.807, 2.05) is 12.4 Å². The van der Waals surface area contributed by atoms with Crippen LogP contribution in [-0.4, -0.2) is 14.5 Å². The highest BCUT2D eigenvalue weighted by atomic mass is 15.1. The molecule has 2 aromatic heterocycles. The van der Waals surface area contributed by atoms with Crippen LogP contribution in [0.5, 0.6) is 0 Å². The zero-order valence-corrected chi connectivity index (χ0v) is 15.8. The molecule has 0 spiro atoms. The van der Waals surface area contributed by atoms with Crippen LogP contribution in [0.1, 0.15) is 17.0 Å². The second kappa shape index (κ2) is 5.49.